The minimum atomic E-state index is -2.89. The van der Waals surface area contributed by atoms with Crippen LogP contribution in [0.25, 0.3) is 0 Å². The van der Waals surface area contributed by atoms with Gasteiger partial charge in [-0.25, -0.2) is 9.18 Å². The van der Waals surface area contributed by atoms with Gasteiger partial charge in [0, 0.05) is 44.9 Å². The molecular weight excluding hydrogens is 834 g/mol. The van der Waals surface area contributed by atoms with Gasteiger partial charge in [-0.15, -0.1) is 0 Å². The molecular formula is C52H80FNO11. The average Bonchev–Trinajstić information content (AvgIpc) is 3.26. The van der Waals surface area contributed by atoms with Crippen molar-refractivity contribution < 1.29 is 57.5 Å². The Labute approximate surface area is 387 Å². The van der Waals surface area contributed by atoms with Crippen molar-refractivity contribution in [2.45, 2.75) is 188 Å². The highest BCUT2D eigenvalue weighted by atomic mass is 19.2. The van der Waals surface area contributed by atoms with E-state index in [9.17, 15) is 34.2 Å². The van der Waals surface area contributed by atoms with E-state index >= 15 is 4.39 Å². The summed E-state index contributed by atoms with van der Waals surface area (Å²) in [5.41, 5.74) is 0.941. The number of esters is 1. The predicted molar refractivity (Wildman–Crippen MR) is 247 cm³/mol. The number of allylic oxidation sites excluding steroid dienone is 7. The number of rotatable bonds is 5. The molecule has 0 radical (unpaired) electrons. The Kier molecular flexibility index (Phi) is 20.1. The first-order valence-corrected chi connectivity index (χ1v) is 24.2. The zero-order valence-electron chi connectivity index (χ0n) is 41.1. The number of ether oxygens (including phenoxy) is 4. The largest absolute Gasteiger partial charge is 0.460 e. The van der Waals surface area contributed by atoms with Gasteiger partial charge >= 0.3 is 5.97 Å². The lowest BCUT2D eigenvalue weighted by Gasteiger charge is -2.42. The first kappa shape index (κ1) is 54.2. The summed E-state index contributed by atoms with van der Waals surface area (Å²) in [4.78, 5) is 71.6. The fourth-order valence-electron chi connectivity index (χ4n) is 10.2. The first-order valence-electron chi connectivity index (χ1n) is 24.2. The van der Waals surface area contributed by atoms with E-state index in [1.54, 1.807) is 34.0 Å². The Hall–Kier alpha value is -3.36. The number of aliphatic hydroxyl groups is 2. The number of amides is 1. The molecule has 2 saturated heterocycles. The van der Waals surface area contributed by atoms with Gasteiger partial charge in [0.1, 0.15) is 30.1 Å². The number of piperidine rings is 1. The molecule has 3 heterocycles. The molecule has 0 spiro atoms. The van der Waals surface area contributed by atoms with Crippen molar-refractivity contribution in [3.8, 4) is 0 Å². The third-order valence-electron chi connectivity index (χ3n) is 14.9. The van der Waals surface area contributed by atoms with Crippen LogP contribution < -0.4 is 0 Å². The molecule has 3 aliphatic heterocycles. The summed E-state index contributed by atoms with van der Waals surface area (Å²) >= 11 is 0. The van der Waals surface area contributed by atoms with Crippen LogP contribution >= 0.6 is 0 Å². The molecule has 13 heteroatoms. The summed E-state index contributed by atoms with van der Waals surface area (Å²) in [5, 5.41) is 21.9. The Morgan fingerprint density at radius 3 is 2.29 bits per heavy atom. The number of alkyl halides is 1. The molecule has 0 aromatic carbocycles. The second-order valence-electron chi connectivity index (χ2n) is 20.6. The van der Waals surface area contributed by atoms with Gasteiger partial charge in [-0.05, 0) is 113 Å². The van der Waals surface area contributed by atoms with E-state index in [0.717, 1.165) is 10.5 Å². The summed E-state index contributed by atoms with van der Waals surface area (Å²) in [6.45, 7) is 16.7. The molecule has 65 heavy (non-hydrogen) atoms. The molecule has 4 aliphatic rings. The number of carbonyl (C=O) groups is 5. The number of nitrogens with zero attached hydrogens (tertiary/aromatic N) is 1. The molecule has 14 atom stereocenters. The van der Waals surface area contributed by atoms with Gasteiger partial charge in [0.05, 0.1) is 18.3 Å². The molecule has 3 fully saturated rings. The van der Waals surface area contributed by atoms with E-state index < -0.39 is 83.2 Å². The summed E-state index contributed by atoms with van der Waals surface area (Å²) in [5.74, 6) is -8.96. The number of cyclic esters (lactones) is 1. The minimum Gasteiger partial charge on any atom is -0.460 e. The zero-order valence-corrected chi connectivity index (χ0v) is 41.1. The number of Topliss-reactive ketones (excluding diaryl/α,β-unsaturated/α-hetero) is 3. The van der Waals surface area contributed by atoms with Crippen molar-refractivity contribution >= 4 is 29.2 Å². The van der Waals surface area contributed by atoms with Crippen molar-refractivity contribution in [2.75, 3.05) is 20.8 Å². The molecule has 12 nitrogen and oxygen atoms in total. The second kappa shape index (κ2) is 24.1. The third-order valence-corrected chi connectivity index (χ3v) is 14.9. The topological polar surface area (TPSA) is 166 Å². The van der Waals surface area contributed by atoms with Crippen LogP contribution in [0.1, 0.15) is 139 Å². The van der Waals surface area contributed by atoms with E-state index in [0.29, 0.717) is 69.8 Å². The van der Waals surface area contributed by atoms with Crippen LogP contribution in [0.15, 0.2) is 47.6 Å². The summed E-state index contributed by atoms with van der Waals surface area (Å²) < 4.78 is 40.5. The van der Waals surface area contributed by atoms with Crippen LogP contribution in [-0.4, -0.2) is 114 Å². The molecule has 2 bridgehead atoms. The maximum Gasteiger partial charge on any atom is 0.329 e. The number of ketones is 3. The Morgan fingerprint density at radius 2 is 1.62 bits per heavy atom. The molecule has 0 aromatic heterocycles. The van der Waals surface area contributed by atoms with E-state index in [1.807, 2.05) is 71.9 Å². The third kappa shape index (κ3) is 14.1. The quantitative estimate of drug-likeness (QED) is 0.155. The van der Waals surface area contributed by atoms with Gasteiger partial charge in [0.15, 0.2) is 5.78 Å². The minimum absolute atomic E-state index is 0.0257. The van der Waals surface area contributed by atoms with Gasteiger partial charge in [-0.2, -0.15) is 0 Å². The molecule has 3 unspecified atom stereocenters. The maximum atomic E-state index is 17.1. The van der Waals surface area contributed by atoms with Gasteiger partial charge in [-0.1, -0.05) is 90.5 Å². The van der Waals surface area contributed by atoms with E-state index in [2.05, 4.69) is 0 Å². The molecule has 1 saturated carbocycles. The predicted octanol–water partition coefficient (Wildman–Crippen LogP) is 8.17. The van der Waals surface area contributed by atoms with Crippen LogP contribution in [0.3, 0.4) is 0 Å². The highest BCUT2D eigenvalue weighted by Gasteiger charge is 2.55. The fraction of sp³-hybridized carbons (Fsp3) is 0.750. The van der Waals surface area contributed by atoms with Crippen molar-refractivity contribution in [3.63, 3.8) is 0 Å². The van der Waals surface area contributed by atoms with Gasteiger partial charge in [0.2, 0.25) is 0 Å². The lowest BCUT2D eigenvalue weighted by atomic mass is 9.77. The molecule has 4 rings (SSSR count). The number of halogens is 1. The van der Waals surface area contributed by atoms with E-state index in [-0.39, 0.29) is 54.8 Å². The number of aliphatic hydroxyl groups excluding tert-OH is 2. The maximum absolute atomic E-state index is 17.1. The number of methoxy groups -OCH3 is 2. The number of fused-ring (bicyclic) bond motifs is 3. The smallest absolute Gasteiger partial charge is 0.329 e. The van der Waals surface area contributed by atoms with Gasteiger partial charge in [0.25, 0.3) is 17.5 Å². The first-order chi connectivity index (χ1) is 30.5. The van der Waals surface area contributed by atoms with Crippen LogP contribution in [-0.2, 0) is 42.9 Å². The van der Waals surface area contributed by atoms with E-state index in [4.69, 9.17) is 18.9 Å². The van der Waals surface area contributed by atoms with Crippen molar-refractivity contribution in [3.05, 3.63) is 47.6 Å². The monoisotopic (exact) mass is 914 g/mol. The van der Waals surface area contributed by atoms with Crippen molar-refractivity contribution in [1.29, 1.82) is 0 Å². The Bertz CT molecular complexity index is 1790. The van der Waals surface area contributed by atoms with Crippen LogP contribution in [0.5, 0.6) is 0 Å². The number of hydrogen-bond donors (Lipinski definition) is 2. The fourth-order valence-corrected chi connectivity index (χ4v) is 10.2. The number of carbonyl (C=O) groups excluding carboxylic acids is 5. The lowest BCUT2D eigenvalue weighted by Crippen LogP contribution is -2.59. The second-order valence-corrected chi connectivity index (χ2v) is 20.6. The van der Waals surface area contributed by atoms with Crippen molar-refractivity contribution in [2.24, 2.45) is 40.9 Å². The standard InChI is InChI=1S/C52H80FNO11/c1-31-17-13-12-14-18-36(6)51(8,9)30-39-22-20-37(7)52(53,65-39)48(59)49(60)54-24-16-15-19-40(54)50(61)64-43(33(3)27-38-21-23-41(55)44(28-38)62-10)29-42(56)32(2)26-35(5)46(58)47(63-11)45(57)34(4)25-31/h12-14,17-18,26,31-34,37-41,43-44,46-47,55,58H,15-16,19-25,27-30H2,1-11H3/b14-12+,17-13+,35-26+,36-18+/t31-,32-,33-,34-,37-,38?,39+,40+,41+,43?,44-,46-,47+,52?/m1/s1. The Morgan fingerprint density at radius 1 is 0.908 bits per heavy atom. The molecule has 2 N–H and O–H groups in total. The van der Waals surface area contributed by atoms with Crippen LogP contribution in [0, 0.1) is 40.9 Å². The molecule has 1 aliphatic carbocycles. The van der Waals surface area contributed by atoms with Crippen LogP contribution in [0.2, 0.25) is 0 Å². The molecule has 1 amide bonds. The Balaban J connectivity index is 1.71. The van der Waals surface area contributed by atoms with Gasteiger partial charge in [-0.3, -0.25) is 19.2 Å². The van der Waals surface area contributed by atoms with Crippen LogP contribution in [0.4, 0.5) is 4.39 Å². The van der Waals surface area contributed by atoms with E-state index in [1.165, 1.54) is 7.11 Å². The molecule has 0 aromatic rings. The highest BCUT2D eigenvalue weighted by Crippen LogP contribution is 2.43. The lowest BCUT2D eigenvalue weighted by molar-refractivity contribution is -0.231. The van der Waals surface area contributed by atoms with Gasteiger partial charge < -0.3 is 34.1 Å². The number of hydrogen-bond acceptors (Lipinski definition) is 11. The zero-order chi connectivity index (χ0) is 48.4. The molecule has 366 valence electrons. The summed E-state index contributed by atoms with van der Waals surface area (Å²) in [6.07, 6.45) is 11.6. The summed E-state index contributed by atoms with van der Waals surface area (Å²) in [6, 6.07) is -1.18. The summed E-state index contributed by atoms with van der Waals surface area (Å²) in [7, 11) is 2.94. The SMILES string of the molecule is CO[C@@H]1CC(C[C@@H](C)C2CC(=O)[C@H](C)/C=C(\C)[C@@H](O)[C@@H](OC)C(=O)[C@H](C)C[C@H](C)/C=C/C=C/C=C(\C)C(C)(C)C[C@@H]3CC[C@@H](C)C(F)(O3)C(=O)C(=O)N3CCCC[C@H]3C(=O)O2)CC[C@@H]1O. The average molecular weight is 914 g/mol. The highest BCUT2D eigenvalue weighted by molar-refractivity contribution is 6.39. The normalized spacial score (nSPS) is 40.1. The van der Waals surface area contributed by atoms with Crippen molar-refractivity contribution in [1.82, 2.24) is 4.90 Å².